The summed E-state index contributed by atoms with van der Waals surface area (Å²) in [6.45, 7) is 0.990. The van der Waals surface area contributed by atoms with E-state index in [2.05, 4.69) is 0 Å². The van der Waals surface area contributed by atoms with Crippen molar-refractivity contribution in [3.8, 4) is 17.2 Å². The number of aliphatic carboxylic acids is 1. The maximum atomic E-state index is 10.6. The summed E-state index contributed by atoms with van der Waals surface area (Å²) in [5.41, 5.74) is 6.74. The molecule has 1 unspecified atom stereocenters. The Balaban J connectivity index is 2.25. The fraction of sp³-hybridized carbons (Fsp3) is 0.462. The Hall–Kier alpha value is -1.95. The van der Waals surface area contributed by atoms with Gasteiger partial charge in [0.1, 0.15) is 19.0 Å². The van der Waals surface area contributed by atoms with Gasteiger partial charge >= 0.3 is 5.97 Å². The SMILES string of the molecule is COc1cc2c(cc1C(N)CCC(=O)O)OCCO2. The van der Waals surface area contributed by atoms with Crippen molar-refractivity contribution in [1.82, 2.24) is 0 Å². The number of carbonyl (C=O) groups is 1. The van der Waals surface area contributed by atoms with Crippen molar-refractivity contribution in [3.05, 3.63) is 17.7 Å². The van der Waals surface area contributed by atoms with Crippen LogP contribution in [-0.4, -0.2) is 31.4 Å². The van der Waals surface area contributed by atoms with E-state index in [-0.39, 0.29) is 6.42 Å². The van der Waals surface area contributed by atoms with Crippen molar-refractivity contribution < 1.29 is 24.1 Å². The first-order valence-corrected chi connectivity index (χ1v) is 6.06. The van der Waals surface area contributed by atoms with Crippen molar-refractivity contribution in [2.24, 2.45) is 5.73 Å². The van der Waals surface area contributed by atoms with Gasteiger partial charge in [0.05, 0.1) is 7.11 Å². The number of rotatable bonds is 5. The second kappa shape index (κ2) is 5.79. The fourth-order valence-corrected chi connectivity index (χ4v) is 1.99. The molecule has 104 valence electrons. The molecule has 2 rings (SSSR count). The van der Waals surface area contributed by atoms with Crippen LogP contribution in [0.25, 0.3) is 0 Å². The Kier molecular flexibility index (Phi) is 4.11. The number of ether oxygens (including phenoxy) is 3. The van der Waals surface area contributed by atoms with Gasteiger partial charge in [0, 0.05) is 24.1 Å². The molecule has 1 aliphatic heterocycles. The van der Waals surface area contributed by atoms with Crippen LogP contribution in [0.5, 0.6) is 17.2 Å². The molecular weight excluding hydrogens is 250 g/mol. The monoisotopic (exact) mass is 267 g/mol. The molecule has 19 heavy (non-hydrogen) atoms. The molecule has 0 aromatic heterocycles. The lowest BCUT2D eigenvalue weighted by Gasteiger charge is -2.22. The zero-order chi connectivity index (χ0) is 13.8. The molecule has 1 aromatic rings. The van der Waals surface area contributed by atoms with Crippen LogP contribution in [0.4, 0.5) is 0 Å². The highest BCUT2D eigenvalue weighted by Gasteiger charge is 2.20. The lowest BCUT2D eigenvalue weighted by atomic mass is 10.0. The molecule has 0 spiro atoms. The van der Waals surface area contributed by atoms with Crippen LogP contribution in [-0.2, 0) is 4.79 Å². The number of carboxylic acid groups (broad SMARTS) is 1. The molecular formula is C13H17NO5. The van der Waals surface area contributed by atoms with E-state index in [9.17, 15) is 4.79 Å². The van der Waals surface area contributed by atoms with Crippen molar-refractivity contribution in [1.29, 1.82) is 0 Å². The summed E-state index contributed by atoms with van der Waals surface area (Å²) >= 11 is 0. The molecule has 1 heterocycles. The highest BCUT2D eigenvalue weighted by atomic mass is 16.6. The largest absolute Gasteiger partial charge is 0.496 e. The van der Waals surface area contributed by atoms with Gasteiger partial charge < -0.3 is 25.1 Å². The Morgan fingerprint density at radius 3 is 2.63 bits per heavy atom. The number of nitrogens with two attached hydrogens (primary N) is 1. The average molecular weight is 267 g/mol. The summed E-state index contributed by atoms with van der Waals surface area (Å²) in [4.78, 5) is 10.6. The van der Waals surface area contributed by atoms with E-state index in [1.165, 1.54) is 0 Å². The van der Waals surface area contributed by atoms with E-state index in [1.807, 2.05) is 0 Å². The van der Waals surface area contributed by atoms with Crippen molar-refractivity contribution in [3.63, 3.8) is 0 Å². The van der Waals surface area contributed by atoms with E-state index >= 15 is 0 Å². The molecule has 0 radical (unpaired) electrons. The first-order chi connectivity index (χ1) is 9.11. The summed E-state index contributed by atoms with van der Waals surface area (Å²) in [5, 5.41) is 8.70. The average Bonchev–Trinajstić information content (AvgIpc) is 2.43. The van der Waals surface area contributed by atoms with E-state index < -0.39 is 12.0 Å². The highest BCUT2D eigenvalue weighted by molar-refractivity contribution is 5.66. The van der Waals surface area contributed by atoms with Crippen LogP contribution in [0.2, 0.25) is 0 Å². The number of hydrogen-bond acceptors (Lipinski definition) is 5. The summed E-state index contributed by atoms with van der Waals surface area (Å²) in [5.74, 6) is 0.958. The number of methoxy groups -OCH3 is 1. The third kappa shape index (κ3) is 3.08. The zero-order valence-corrected chi connectivity index (χ0v) is 10.7. The van der Waals surface area contributed by atoms with Gasteiger partial charge in [-0.15, -0.1) is 0 Å². The van der Waals surface area contributed by atoms with Crippen LogP contribution in [0.3, 0.4) is 0 Å². The third-order valence-corrected chi connectivity index (χ3v) is 2.96. The van der Waals surface area contributed by atoms with E-state index in [0.29, 0.717) is 36.9 Å². The molecule has 0 amide bonds. The smallest absolute Gasteiger partial charge is 0.303 e. The lowest BCUT2D eigenvalue weighted by molar-refractivity contribution is -0.137. The summed E-state index contributed by atoms with van der Waals surface area (Å²) in [6, 6.07) is 3.08. The van der Waals surface area contributed by atoms with Gasteiger partial charge in [-0.3, -0.25) is 4.79 Å². The van der Waals surface area contributed by atoms with E-state index in [0.717, 1.165) is 5.56 Å². The fourth-order valence-electron chi connectivity index (χ4n) is 1.99. The molecule has 6 nitrogen and oxygen atoms in total. The maximum Gasteiger partial charge on any atom is 0.303 e. The molecule has 6 heteroatoms. The second-order valence-electron chi connectivity index (χ2n) is 4.28. The van der Waals surface area contributed by atoms with Gasteiger partial charge in [-0.2, -0.15) is 0 Å². The molecule has 1 aliphatic rings. The predicted octanol–water partition coefficient (Wildman–Crippen LogP) is 1.33. The van der Waals surface area contributed by atoms with Gasteiger partial charge in [-0.25, -0.2) is 0 Å². The molecule has 0 saturated carbocycles. The highest BCUT2D eigenvalue weighted by Crippen LogP contribution is 2.39. The van der Waals surface area contributed by atoms with Gasteiger partial charge in [-0.05, 0) is 12.5 Å². The molecule has 0 bridgehead atoms. The molecule has 0 saturated heterocycles. The first-order valence-electron chi connectivity index (χ1n) is 6.06. The van der Waals surface area contributed by atoms with E-state index in [1.54, 1.807) is 19.2 Å². The second-order valence-corrected chi connectivity index (χ2v) is 4.28. The lowest BCUT2D eigenvalue weighted by Crippen LogP contribution is -2.18. The number of hydrogen-bond donors (Lipinski definition) is 2. The third-order valence-electron chi connectivity index (χ3n) is 2.96. The molecule has 0 fully saturated rings. The van der Waals surface area contributed by atoms with Gasteiger partial charge in [0.15, 0.2) is 11.5 Å². The normalized spacial score (nSPS) is 14.8. The first kappa shape index (κ1) is 13.5. The topological polar surface area (TPSA) is 91.0 Å². The zero-order valence-electron chi connectivity index (χ0n) is 10.7. The summed E-state index contributed by atoms with van der Waals surface area (Å²) < 4.78 is 16.2. The molecule has 3 N–H and O–H groups in total. The number of carboxylic acids is 1. The standard InChI is InChI=1S/C13H17NO5/c1-17-10-7-12-11(18-4-5-19-12)6-8(10)9(14)2-3-13(15)16/h6-7,9H,2-5,14H2,1H3,(H,15,16). The van der Waals surface area contributed by atoms with Crippen LogP contribution in [0, 0.1) is 0 Å². The minimum atomic E-state index is -0.869. The minimum Gasteiger partial charge on any atom is -0.496 e. The number of benzene rings is 1. The van der Waals surface area contributed by atoms with Gasteiger partial charge in [0.2, 0.25) is 0 Å². The Morgan fingerprint density at radius 2 is 2.05 bits per heavy atom. The minimum absolute atomic E-state index is 0.0127. The van der Waals surface area contributed by atoms with Crippen LogP contribution < -0.4 is 19.9 Å². The van der Waals surface area contributed by atoms with Crippen LogP contribution >= 0.6 is 0 Å². The number of fused-ring (bicyclic) bond motifs is 1. The van der Waals surface area contributed by atoms with Crippen molar-refractivity contribution >= 4 is 5.97 Å². The quantitative estimate of drug-likeness (QED) is 0.836. The Bertz CT molecular complexity index is 474. The Labute approximate surface area is 111 Å². The van der Waals surface area contributed by atoms with Gasteiger partial charge in [-0.1, -0.05) is 0 Å². The van der Waals surface area contributed by atoms with Gasteiger partial charge in [0.25, 0.3) is 0 Å². The van der Waals surface area contributed by atoms with Crippen molar-refractivity contribution in [2.75, 3.05) is 20.3 Å². The van der Waals surface area contributed by atoms with Crippen LogP contribution in [0.15, 0.2) is 12.1 Å². The molecule has 0 aliphatic carbocycles. The summed E-state index contributed by atoms with van der Waals surface area (Å²) in [6.07, 6.45) is 0.351. The molecule has 1 atom stereocenters. The van der Waals surface area contributed by atoms with E-state index in [4.69, 9.17) is 25.1 Å². The van der Waals surface area contributed by atoms with Crippen LogP contribution in [0.1, 0.15) is 24.4 Å². The van der Waals surface area contributed by atoms with Crippen molar-refractivity contribution in [2.45, 2.75) is 18.9 Å². The molecule has 1 aromatic carbocycles. The summed E-state index contributed by atoms with van der Waals surface area (Å²) in [7, 11) is 1.54. The predicted molar refractivity (Wildman–Crippen MR) is 67.8 cm³/mol. The maximum absolute atomic E-state index is 10.6. The Morgan fingerprint density at radius 1 is 1.42 bits per heavy atom.